The molecule has 0 fully saturated rings. The van der Waals surface area contributed by atoms with E-state index in [1.807, 2.05) is 19.9 Å². The molecule has 0 saturated carbocycles. The number of aliphatic carboxylic acids is 1. The number of anilines is 1. The fourth-order valence-corrected chi connectivity index (χ4v) is 1.65. The van der Waals surface area contributed by atoms with Gasteiger partial charge in [0, 0.05) is 5.69 Å². The Morgan fingerprint density at radius 2 is 1.90 bits per heavy atom. The quantitative estimate of drug-likeness (QED) is 0.766. The monoisotopic (exact) mass is 275 g/mol. The highest BCUT2D eigenvalue weighted by Crippen LogP contribution is 2.09. The molecule has 106 valence electrons. The van der Waals surface area contributed by atoms with Gasteiger partial charge >= 0.3 is 12.0 Å². The van der Waals surface area contributed by atoms with E-state index in [2.05, 4.69) is 10.6 Å². The van der Waals surface area contributed by atoms with Crippen LogP contribution >= 0.6 is 0 Å². The van der Waals surface area contributed by atoms with Crippen molar-refractivity contribution in [2.75, 3.05) is 5.32 Å². The van der Waals surface area contributed by atoms with Gasteiger partial charge in [0.15, 0.2) is 0 Å². The zero-order chi connectivity index (χ0) is 15.1. The maximum atomic E-state index is 11.7. The second-order valence-electron chi connectivity index (χ2n) is 4.81. The number of nitrogens with one attached hydrogen (secondary N) is 2. The lowest BCUT2D eigenvalue weighted by Crippen LogP contribution is -2.43. The van der Waals surface area contributed by atoms with Gasteiger partial charge in [0.2, 0.25) is 0 Å². The van der Waals surface area contributed by atoms with Crippen molar-refractivity contribution in [1.82, 2.24) is 5.32 Å². The van der Waals surface area contributed by atoms with Crippen molar-refractivity contribution in [2.45, 2.75) is 26.3 Å². The fraction of sp³-hybridized carbons (Fsp3) is 0.357. The molecule has 6 heteroatoms. The van der Waals surface area contributed by atoms with Crippen LogP contribution in [0.15, 0.2) is 24.3 Å². The van der Waals surface area contributed by atoms with Crippen molar-refractivity contribution in [3.63, 3.8) is 0 Å². The van der Waals surface area contributed by atoms with Crippen LogP contribution in [0.1, 0.15) is 25.8 Å². The van der Waals surface area contributed by atoms with Crippen LogP contribution in [0.25, 0.3) is 0 Å². The highest BCUT2D eigenvalue weighted by Gasteiger charge is 2.20. The van der Waals surface area contributed by atoms with Crippen LogP contribution in [0.4, 0.5) is 10.5 Å². The van der Waals surface area contributed by atoms with E-state index in [9.17, 15) is 9.59 Å². The van der Waals surface area contributed by atoms with Crippen molar-refractivity contribution in [1.29, 1.82) is 5.26 Å². The van der Waals surface area contributed by atoms with Crippen LogP contribution in [0, 0.1) is 17.2 Å². The molecule has 2 amide bonds. The Labute approximate surface area is 117 Å². The Balaban J connectivity index is 2.61. The molecule has 3 N–H and O–H groups in total. The van der Waals surface area contributed by atoms with Gasteiger partial charge in [-0.3, -0.25) is 0 Å². The SMILES string of the molecule is CC(C)CC(NC(=O)Nc1ccc(C#N)cc1)C(=O)O. The predicted octanol–water partition coefficient (Wildman–Crippen LogP) is 2.18. The molecular formula is C14H17N3O3. The number of rotatable bonds is 5. The molecule has 1 aromatic carbocycles. The molecule has 0 aliphatic rings. The van der Waals surface area contributed by atoms with E-state index < -0.39 is 18.0 Å². The molecule has 1 unspecified atom stereocenters. The Bertz CT molecular complexity index is 517. The van der Waals surface area contributed by atoms with Gasteiger partial charge in [0.1, 0.15) is 6.04 Å². The van der Waals surface area contributed by atoms with E-state index in [4.69, 9.17) is 10.4 Å². The number of benzene rings is 1. The summed E-state index contributed by atoms with van der Waals surface area (Å²) in [5, 5.41) is 22.6. The van der Waals surface area contributed by atoms with Crippen molar-refractivity contribution < 1.29 is 14.7 Å². The third-order valence-corrected chi connectivity index (χ3v) is 2.58. The van der Waals surface area contributed by atoms with Gasteiger partial charge in [-0.15, -0.1) is 0 Å². The van der Waals surface area contributed by atoms with Gasteiger partial charge < -0.3 is 15.7 Å². The molecule has 0 aliphatic heterocycles. The maximum absolute atomic E-state index is 11.7. The van der Waals surface area contributed by atoms with E-state index in [-0.39, 0.29) is 5.92 Å². The van der Waals surface area contributed by atoms with Gasteiger partial charge in [-0.1, -0.05) is 13.8 Å². The first-order valence-electron chi connectivity index (χ1n) is 6.23. The zero-order valence-electron chi connectivity index (χ0n) is 11.4. The minimum atomic E-state index is -1.06. The Hall–Kier alpha value is -2.55. The van der Waals surface area contributed by atoms with Crippen molar-refractivity contribution in [2.24, 2.45) is 5.92 Å². The summed E-state index contributed by atoms with van der Waals surface area (Å²) in [6, 6.07) is 6.76. The molecule has 20 heavy (non-hydrogen) atoms. The number of nitriles is 1. The van der Waals surface area contributed by atoms with Gasteiger partial charge in [0.25, 0.3) is 0 Å². The van der Waals surface area contributed by atoms with E-state index in [1.165, 1.54) is 0 Å². The number of carboxylic acid groups (broad SMARTS) is 1. The average Bonchev–Trinajstić information content (AvgIpc) is 2.38. The summed E-state index contributed by atoms with van der Waals surface area (Å²) in [5.74, 6) is -0.903. The molecule has 0 spiro atoms. The van der Waals surface area contributed by atoms with Crippen LogP contribution in [0.3, 0.4) is 0 Å². The normalized spacial score (nSPS) is 11.5. The zero-order valence-corrected chi connectivity index (χ0v) is 11.4. The smallest absolute Gasteiger partial charge is 0.326 e. The van der Waals surface area contributed by atoms with Gasteiger partial charge in [-0.05, 0) is 36.6 Å². The average molecular weight is 275 g/mol. The first-order valence-corrected chi connectivity index (χ1v) is 6.23. The number of carboxylic acids is 1. The summed E-state index contributed by atoms with van der Waals surface area (Å²) in [4.78, 5) is 22.7. The van der Waals surface area contributed by atoms with Crippen LogP contribution in [-0.4, -0.2) is 23.1 Å². The summed E-state index contributed by atoms with van der Waals surface area (Å²) in [6.07, 6.45) is 0.357. The van der Waals surface area contributed by atoms with E-state index in [1.54, 1.807) is 24.3 Å². The van der Waals surface area contributed by atoms with Crippen molar-refractivity contribution in [3.05, 3.63) is 29.8 Å². The van der Waals surface area contributed by atoms with E-state index in [0.717, 1.165) is 0 Å². The highest BCUT2D eigenvalue weighted by atomic mass is 16.4. The van der Waals surface area contributed by atoms with Crippen LogP contribution in [0.5, 0.6) is 0 Å². The van der Waals surface area contributed by atoms with E-state index >= 15 is 0 Å². The number of amides is 2. The summed E-state index contributed by atoms with van der Waals surface area (Å²) in [5.41, 5.74) is 0.981. The van der Waals surface area contributed by atoms with Crippen LogP contribution in [-0.2, 0) is 4.79 Å². The lowest BCUT2D eigenvalue weighted by atomic mass is 10.0. The molecule has 0 heterocycles. The van der Waals surface area contributed by atoms with Gasteiger partial charge in [-0.25, -0.2) is 9.59 Å². The molecule has 1 rings (SSSR count). The molecule has 0 saturated heterocycles. The third kappa shape index (κ3) is 4.98. The predicted molar refractivity (Wildman–Crippen MR) is 74.2 cm³/mol. The Morgan fingerprint density at radius 1 is 1.30 bits per heavy atom. The number of urea groups is 1. The number of nitrogens with zero attached hydrogens (tertiary/aromatic N) is 1. The lowest BCUT2D eigenvalue weighted by Gasteiger charge is -2.16. The molecule has 6 nitrogen and oxygen atoms in total. The molecule has 0 radical (unpaired) electrons. The number of carbonyl (C=O) groups is 2. The minimum absolute atomic E-state index is 0.159. The number of hydrogen-bond donors (Lipinski definition) is 3. The number of hydrogen-bond acceptors (Lipinski definition) is 3. The first-order chi connectivity index (χ1) is 9.42. The highest BCUT2D eigenvalue weighted by molar-refractivity contribution is 5.92. The summed E-state index contributed by atoms with van der Waals surface area (Å²) < 4.78 is 0. The van der Waals surface area contributed by atoms with Crippen molar-refractivity contribution >= 4 is 17.7 Å². The maximum Gasteiger partial charge on any atom is 0.326 e. The van der Waals surface area contributed by atoms with Crippen LogP contribution < -0.4 is 10.6 Å². The summed E-state index contributed by atoms with van der Waals surface area (Å²) >= 11 is 0. The van der Waals surface area contributed by atoms with E-state index in [0.29, 0.717) is 17.7 Å². The Morgan fingerprint density at radius 3 is 2.35 bits per heavy atom. The lowest BCUT2D eigenvalue weighted by molar-refractivity contribution is -0.139. The minimum Gasteiger partial charge on any atom is -0.480 e. The molecule has 1 atom stereocenters. The standard InChI is InChI=1S/C14H17N3O3/c1-9(2)7-12(13(18)19)17-14(20)16-11-5-3-10(8-15)4-6-11/h3-6,9,12H,7H2,1-2H3,(H,18,19)(H2,16,17,20). The Kier molecular flexibility index (Phi) is 5.54. The van der Waals surface area contributed by atoms with Crippen molar-refractivity contribution in [3.8, 4) is 6.07 Å². The van der Waals surface area contributed by atoms with Gasteiger partial charge in [-0.2, -0.15) is 5.26 Å². The first kappa shape index (κ1) is 15.5. The van der Waals surface area contributed by atoms with Crippen LogP contribution in [0.2, 0.25) is 0 Å². The fourth-order valence-electron chi connectivity index (χ4n) is 1.65. The summed E-state index contributed by atoms with van der Waals surface area (Å²) in [7, 11) is 0. The second kappa shape index (κ2) is 7.14. The second-order valence-corrected chi connectivity index (χ2v) is 4.81. The summed E-state index contributed by atoms with van der Waals surface area (Å²) in [6.45, 7) is 3.77. The molecule has 0 bridgehead atoms. The molecule has 1 aromatic rings. The topological polar surface area (TPSA) is 102 Å². The third-order valence-electron chi connectivity index (χ3n) is 2.58. The van der Waals surface area contributed by atoms with Gasteiger partial charge in [0.05, 0.1) is 11.6 Å². The molecule has 0 aliphatic carbocycles. The largest absolute Gasteiger partial charge is 0.480 e. The molecular weight excluding hydrogens is 258 g/mol. The molecule has 0 aromatic heterocycles. The number of carbonyl (C=O) groups excluding carboxylic acids is 1.